The third kappa shape index (κ3) is 4.28. The summed E-state index contributed by atoms with van der Waals surface area (Å²) in [5.74, 6) is 0.0560. The maximum atomic E-state index is 12.3. The molecule has 21 heavy (non-hydrogen) atoms. The third-order valence-electron chi connectivity index (χ3n) is 3.69. The largest absolute Gasteiger partial charge is 0.358 e. The minimum Gasteiger partial charge on any atom is -0.358 e. The van der Waals surface area contributed by atoms with Gasteiger partial charge in [0.15, 0.2) is 0 Å². The molecule has 1 aliphatic heterocycles. The molecule has 1 fully saturated rings. The molecule has 7 heteroatoms. The van der Waals surface area contributed by atoms with Crippen molar-refractivity contribution in [2.75, 3.05) is 27.2 Å². The first-order valence-electron chi connectivity index (χ1n) is 6.93. The van der Waals surface area contributed by atoms with Gasteiger partial charge < -0.3 is 10.2 Å². The molecule has 0 bridgehead atoms. The van der Waals surface area contributed by atoms with Crippen LogP contribution < -0.4 is 5.32 Å². The van der Waals surface area contributed by atoms with Gasteiger partial charge in [0.2, 0.25) is 11.8 Å². The van der Waals surface area contributed by atoms with E-state index in [4.69, 9.17) is 0 Å². The number of thiophene rings is 1. The quantitative estimate of drug-likeness (QED) is 0.853. The molecule has 1 saturated heterocycles. The summed E-state index contributed by atoms with van der Waals surface area (Å²) in [4.78, 5) is 28.9. The number of nitrogens with zero attached hydrogens (tertiary/aromatic N) is 2. The van der Waals surface area contributed by atoms with Crippen molar-refractivity contribution in [2.45, 2.75) is 25.4 Å². The Labute approximate surface area is 137 Å². The van der Waals surface area contributed by atoms with E-state index in [9.17, 15) is 9.59 Å². The maximum absolute atomic E-state index is 12.3. The molecule has 1 N–H and O–H groups in total. The Bertz CT molecular complexity index is 520. The zero-order valence-electron chi connectivity index (χ0n) is 12.3. The molecule has 2 rings (SSSR count). The first kappa shape index (κ1) is 16.5. The fourth-order valence-corrected chi connectivity index (χ4v) is 4.04. The van der Waals surface area contributed by atoms with Crippen LogP contribution in [-0.2, 0) is 16.1 Å². The Morgan fingerprint density at radius 3 is 2.95 bits per heavy atom. The average Bonchev–Trinajstić information content (AvgIpc) is 3.07. The number of carbonyl (C=O) groups is 2. The van der Waals surface area contributed by atoms with Crippen molar-refractivity contribution < 1.29 is 9.59 Å². The van der Waals surface area contributed by atoms with E-state index in [2.05, 4.69) is 21.2 Å². The van der Waals surface area contributed by atoms with Crippen LogP contribution >= 0.6 is 27.3 Å². The predicted molar refractivity (Wildman–Crippen MR) is 87.2 cm³/mol. The molecule has 1 aromatic heterocycles. The van der Waals surface area contributed by atoms with Crippen LogP contribution in [0, 0.1) is 0 Å². The second-order valence-corrected chi connectivity index (χ2v) is 7.14. The topological polar surface area (TPSA) is 52.7 Å². The summed E-state index contributed by atoms with van der Waals surface area (Å²) in [6.45, 7) is 1.72. The van der Waals surface area contributed by atoms with Crippen LogP contribution in [0.1, 0.15) is 17.7 Å². The minimum absolute atomic E-state index is 0.00476. The number of halogens is 1. The van der Waals surface area contributed by atoms with Crippen LogP contribution in [0.4, 0.5) is 0 Å². The zero-order valence-corrected chi connectivity index (χ0v) is 14.7. The van der Waals surface area contributed by atoms with Gasteiger partial charge in [-0.2, -0.15) is 0 Å². The Kier molecular flexibility index (Phi) is 5.78. The molecule has 1 atom stereocenters. The molecule has 0 spiro atoms. The summed E-state index contributed by atoms with van der Waals surface area (Å²) in [7, 11) is 3.45. The summed E-state index contributed by atoms with van der Waals surface area (Å²) in [5.41, 5.74) is 0. The van der Waals surface area contributed by atoms with Crippen molar-refractivity contribution in [3.05, 3.63) is 20.8 Å². The number of likely N-dealkylation sites (tertiary alicyclic amines) is 1. The summed E-state index contributed by atoms with van der Waals surface area (Å²) >= 11 is 5.04. The standard InChI is InChI=1S/C14H20BrN3O2S/c1-16-14(20)12-4-3-5-18(12)8-13(19)17(2)7-11-6-10(15)9-21-11/h6,9,12H,3-5,7-8H2,1-2H3,(H,16,20). The number of carbonyl (C=O) groups excluding carboxylic acids is 2. The molecular weight excluding hydrogens is 354 g/mol. The Morgan fingerprint density at radius 2 is 2.33 bits per heavy atom. The minimum atomic E-state index is -0.164. The lowest BCUT2D eigenvalue weighted by Crippen LogP contribution is -2.46. The molecule has 5 nitrogen and oxygen atoms in total. The first-order valence-corrected chi connectivity index (χ1v) is 8.61. The number of amides is 2. The van der Waals surface area contributed by atoms with Crippen LogP contribution in [0.15, 0.2) is 15.9 Å². The van der Waals surface area contributed by atoms with E-state index in [0.717, 1.165) is 28.7 Å². The van der Waals surface area contributed by atoms with Crippen molar-refractivity contribution in [1.82, 2.24) is 15.1 Å². The summed E-state index contributed by atoms with van der Waals surface area (Å²) in [6.07, 6.45) is 1.79. The molecule has 1 aliphatic rings. The smallest absolute Gasteiger partial charge is 0.237 e. The molecule has 1 aromatic rings. The second kappa shape index (κ2) is 7.38. The van der Waals surface area contributed by atoms with Gasteiger partial charge >= 0.3 is 0 Å². The summed E-state index contributed by atoms with van der Waals surface area (Å²) in [5, 5.41) is 4.68. The third-order valence-corrected chi connectivity index (χ3v) is 5.37. The Balaban J connectivity index is 1.89. The highest BCUT2D eigenvalue weighted by Gasteiger charge is 2.31. The maximum Gasteiger partial charge on any atom is 0.237 e. The molecule has 0 saturated carbocycles. The van der Waals surface area contributed by atoms with Gasteiger partial charge in [-0.15, -0.1) is 11.3 Å². The van der Waals surface area contributed by atoms with Gasteiger partial charge in [0.25, 0.3) is 0 Å². The van der Waals surface area contributed by atoms with Gasteiger partial charge in [0.05, 0.1) is 19.1 Å². The van der Waals surface area contributed by atoms with Crippen molar-refractivity contribution in [2.24, 2.45) is 0 Å². The second-order valence-electron chi connectivity index (χ2n) is 5.22. The first-order chi connectivity index (χ1) is 10.0. The summed E-state index contributed by atoms with van der Waals surface area (Å²) in [6, 6.07) is 1.86. The lowest BCUT2D eigenvalue weighted by Gasteiger charge is -2.25. The Hall–Kier alpha value is -0.920. The highest BCUT2D eigenvalue weighted by Crippen LogP contribution is 2.21. The van der Waals surface area contributed by atoms with Crippen molar-refractivity contribution >= 4 is 39.1 Å². The van der Waals surface area contributed by atoms with Gasteiger partial charge in [-0.25, -0.2) is 0 Å². The van der Waals surface area contributed by atoms with E-state index < -0.39 is 0 Å². The van der Waals surface area contributed by atoms with E-state index in [1.807, 2.05) is 16.3 Å². The van der Waals surface area contributed by atoms with Crippen molar-refractivity contribution in [3.8, 4) is 0 Å². The van der Waals surface area contributed by atoms with Crippen LogP contribution in [-0.4, -0.2) is 54.8 Å². The van der Waals surface area contributed by atoms with Crippen molar-refractivity contribution in [1.29, 1.82) is 0 Å². The van der Waals surface area contributed by atoms with Gasteiger partial charge in [-0.1, -0.05) is 0 Å². The number of hydrogen-bond acceptors (Lipinski definition) is 4. The molecule has 0 aromatic carbocycles. The lowest BCUT2D eigenvalue weighted by molar-refractivity contribution is -0.133. The van der Waals surface area contributed by atoms with E-state index in [1.54, 1.807) is 30.3 Å². The molecule has 2 heterocycles. The molecule has 1 unspecified atom stereocenters. The lowest BCUT2D eigenvalue weighted by atomic mass is 10.2. The monoisotopic (exact) mass is 373 g/mol. The Morgan fingerprint density at radius 1 is 1.57 bits per heavy atom. The fourth-order valence-electron chi connectivity index (χ4n) is 2.53. The fraction of sp³-hybridized carbons (Fsp3) is 0.571. The highest BCUT2D eigenvalue weighted by molar-refractivity contribution is 9.10. The highest BCUT2D eigenvalue weighted by atomic mass is 79.9. The number of nitrogens with one attached hydrogen (secondary N) is 1. The van der Waals surface area contributed by atoms with Gasteiger partial charge in [0.1, 0.15) is 0 Å². The molecule has 2 amide bonds. The van der Waals surface area contributed by atoms with Crippen LogP contribution in [0.3, 0.4) is 0 Å². The van der Waals surface area contributed by atoms with Crippen LogP contribution in [0.2, 0.25) is 0 Å². The molecular formula is C14H20BrN3O2S. The molecule has 0 radical (unpaired) electrons. The van der Waals surface area contributed by atoms with Crippen molar-refractivity contribution in [3.63, 3.8) is 0 Å². The molecule has 0 aliphatic carbocycles. The average molecular weight is 374 g/mol. The van der Waals surface area contributed by atoms with Gasteiger partial charge in [0, 0.05) is 28.8 Å². The molecule has 116 valence electrons. The zero-order chi connectivity index (χ0) is 15.4. The van der Waals surface area contributed by atoms with E-state index in [0.29, 0.717) is 13.1 Å². The van der Waals surface area contributed by atoms with Gasteiger partial charge in [-0.05, 0) is 41.4 Å². The SMILES string of the molecule is CNC(=O)C1CCCN1CC(=O)N(C)Cc1cc(Br)cs1. The number of hydrogen-bond donors (Lipinski definition) is 1. The van der Waals surface area contributed by atoms with E-state index in [1.165, 1.54) is 0 Å². The summed E-state index contributed by atoms with van der Waals surface area (Å²) < 4.78 is 1.04. The van der Waals surface area contributed by atoms with Gasteiger partial charge in [-0.3, -0.25) is 14.5 Å². The van der Waals surface area contributed by atoms with E-state index in [-0.39, 0.29) is 17.9 Å². The normalized spacial score (nSPS) is 18.7. The predicted octanol–water partition coefficient (Wildman–Crippen LogP) is 1.68. The number of likely N-dealkylation sites (N-methyl/N-ethyl adjacent to an activating group) is 2. The number of rotatable bonds is 5. The van der Waals surface area contributed by atoms with E-state index >= 15 is 0 Å². The van der Waals surface area contributed by atoms with Crippen LogP contribution in [0.5, 0.6) is 0 Å². The van der Waals surface area contributed by atoms with Crippen LogP contribution in [0.25, 0.3) is 0 Å².